The topological polar surface area (TPSA) is 70.6 Å². The molecule has 0 spiro atoms. The molecule has 7 heteroatoms. The molecule has 0 radical (unpaired) electrons. The number of halogens is 1. The molecule has 0 heterocycles. The van der Waals surface area contributed by atoms with E-state index in [1.54, 1.807) is 42.5 Å². The molecule has 0 atom stereocenters. The summed E-state index contributed by atoms with van der Waals surface area (Å²) in [4.78, 5) is 7.01. The summed E-state index contributed by atoms with van der Waals surface area (Å²) in [5.74, 6) is 0.354. The quantitative estimate of drug-likeness (QED) is 0.397. The van der Waals surface area contributed by atoms with Crippen molar-refractivity contribution in [2.24, 2.45) is 4.99 Å². The van der Waals surface area contributed by atoms with Crippen molar-refractivity contribution in [1.82, 2.24) is 10.3 Å². The first-order valence-corrected chi connectivity index (χ1v) is 9.63. The molecule has 0 unspecified atom stereocenters. The summed E-state index contributed by atoms with van der Waals surface area (Å²) in [6, 6.07) is 24.3. The van der Waals surface area contributed by atoms with Crippen molar-refractivity contribution in [2.75, 3.05) is 0 Å². The monoisotopic (exact) mass is 385 g/mol. The highest BCUT2D eigenvalue weighted by Crippen LogP contribution is 2.15. The number of nitrogens with zero attached hydrogens (tertiary/aromatic N) is 1. The lowest BCUT2D eigenvalue weighted by molar-refractivity contribution is 0.577. The summed E-state index contributed by atoms with van der Waals surface area (Å²) in [7, 11) is -3.73. The van der Waals surface area contributed by atoms with Crippen molar-refractivity contribution >= 4 is 33.1 Å². The molecule has 0 saturated heterocycles. The number of hydrazine groups is 1. The van der Waals surface area contributed by atoms with Crippen LogP contribution in [0.15, 0.2) is 94.8 Å². The maximum atomic E-state index is 12.4. The van der Waals surface area contributed by atoms with Gasteiger partial charge in [-0.1, -0.05) is 48.0 Å². The van der Waals surface area contributed by atoms with E-state index in [2.05, 4.69) is 15.2 Å². The number of nitrogens with one attached hydrogen (secondary N) is 2. The second kappa shape index (κ2) is 8.14. The van der Waals surface area contributed by atoms with Gasteiger partial charge in [0.25, 0.3) is 10.0 Å². The fourth-order valence-electron chi connectivity index (χ4n) is 2.18. The number of hydrogen-bond donors (Lipinski definition) is 2. The zero-order valence-corrected chi connectivity index (χ0v) is 15.2. The Morgan fingerprint density at radius 2 is 1.38 bits per heavy atom. The zero-order valence-electron chi connectivity index (χ0n) is 13.6. The Morgan fingerprint density at radius 3 is 2.00 bits per heavy atom. The number of hydrogen-bond acceptors (Lipinski definition) is 3. The Bertz CT molecular complexity index is 990. The standard InChI is InChI=1S/C19H16ClN3O2S/c20-16-13-11-15(12-14-16)19(21-17-7-3-1-4-8-17)22-23-26(24,25)18-9-5-2-6-10-18/h1-14,23H,(H,21,22). The van der Waals surface area contributed by atoms with Crippen LogP contribution in [-0.4, -0.2) is 14.3 Å². The smallest absolute Gasteiger partial charge is 0.257 e. The van der Waals surface area contributed by atoms with Crippen LogP contribution in [0, 0.1) is 0 Å². The molecule has 5 nitrogen and oxygen atoms in total. The van der Waals surface area contributed by atoms with E-state index in [0.717, 1.165) is 0 Å². The van der Waals surface area contributed by atoms with Crippen molar-refractivity contribution in [3.63, 3.8) is 0 Å². The predicted octanol–water partition coefficient (Wildman–Crippen LogP) is 3.90. The fourth-order valence-corrected chi connectivity index (χ4v) is 3.17. The second-order valence-electron chi connectivity index (χ2n) is 5.35. The van der Waals surface area contributed by atoms with E-state index < -0.39 is 10.0 Å². The Kier molecular flexibility index (Phi) is 5.68. The van der Waals surface area contributed by atoms with Gasteiger partial charge < -0.3 is 0 Å². The number of sulfonamides is 1. The Hall–Kier alpha value is -2.67. The first kappa shape index (κ1) is 18.1. The van der Waals surface area contributed by atoms with E-state index in [4.69, 9.17) is 11.6 Å². The third-order valence-corrected chi connectivity index (χ3v) is 4.99. The van der Waals surface area contributed by atoms with Crippen LogP contribution in [0.4, 0.5) is 5.69 Å². The van der Waals surface area contributed by atoms with Crippen molar-refractivity contribution in [3.8, 4) is 0 Å². The van der Waals surface area contributed by atoms with E-state index in [1.165, 1.54) is 12.1 Å². The SMILES string of the molecule is O=S(=O)(NNC(=Nc1ccccc1)c1ccc(Cl)cc1)c1ccccc1. The molecule has 0 aliphatic heterocycles. The Morgan fingerprint density at radius 1 is 0.808 bits per heavy atom. The molecule has 2 N–H and O–H groups in total. The van der Waals surface area contributed by atoms with Crippen LogP contribution in [0.25, 0.3) is 0 Å². The van der Waals surface area contributed by atoms with E-state index in [-0.39, 0.29) is 4.90 Å². The molecule has 3 aromatic carbocycles. The van der Waals surface area contributed by atoms with Gasteiger partial charge in [-0.2, -0.15) is 0 Å². The molecular formula is C19H16ClN3O2S. The summed E-state index contributed by atoms with van der Waals surface area (Å²) in [6.45, 7) is 0. The fraction of sp³-hybridized carbons (Fsp3) is 0. The summed E-state index contributed by atoms with van der Waals surface area (Å²) >= 11 is 5.93. The van der Waals surface area contributed by atoms with Crippen LogP contribution in [0.5, 0.6) is 0 Å². The van der Waals surface area contributed by atoms with Crippen LogP contribution < -0.4 is 10.3 Å². The maximum absolute atomic E-state index is 12.4. The molecule has 3 aromatic rings. The number of para-hydroxylation sites is 1. The highest BCUT2D eigenvalue weighted by atomic mass is 35.5. The van der Waals surface area contributed by atoms with Crippen LogP contribution in [-0.2, 0) is 10.0 Å². The molecule has 0 fully saturated rings. The summed E-state index contributed by atoms with van der Waals surface area (Å²) in [5, 5.41) is 0.581. The molecular weight excluding hydrogens is 370 g/mol. The van der Waals surface area contributed by atoms with Crippen LogP contribution in [0.1, 0.15) is 5.56 Å². The molecule has 0 saturated carbocycles. The van der Waals surface area contributed by atoms with Gasteiger partial charge in [-0.25, -0.2) is 13.4 Å². The van der Waals surface area contributed by atoms with E-state index >= 15 is 0 Å². The minimum Gasteiger partial charge on any atom is -0.291 e. The lowest BCUT2D eigenvalue weighted by Crippen LogP contribution is -2.41. The van der Waals surface area contributed by atoms with Gasteiger partial charge in [0.05, 0.1) is 10.6 Å². The van der Waals surface area contributed by atoms with Crippen LogP contribution >= 0.6 is 11.6 Å². The molecule has 0 aliphatic carbocycles. The third-order valence-electron chi connectivity index (χ3n) is 3.47. The predicted molar refractivity (Wildman–Crippen MR) is 104 cm³/mol. The number of aliphatic imine (C=N–C) groups is 1. The van der Waals surface area contributed by atoms with Gasteiger partial charge in [0.15, 0.2) is 0 Å². The largest absolute Gasteiger partial charge is 0.291 e. The average molecular weight is 386 g/mol. The number of amidine groups is 1. The molecule has 3 rings (SSSR count). The first-order chi connectivity index (χ1) is 12.5. The van der Waals surface area contributed by atoms with Crippen molar-refractivity contribution in [2.45, 2.75) is 4.90 Å². The molecule has 0 aromatic heterocycles. The third kappa shape index (κ3) is 4.70. The first-order valence-electron chi connectivity index (χ1n) is 7.77. The normalized spacial score (nSPS) is 12.0. The molecule has 0 aliphatic rings. The van der Waals surface area contributed by atoms with Crippen molar-refractivity contribution in [1.29, 1.82) is 0 Å². The minimum atomic E-state index is -3.73. The van der Waals surface area contributed by atoms with Gasteiger partial charge in [-0.3, -0.25) is 5.43 Å². The molecule has 26 heavy (non-hydrogen) atoms. The van der Waals surface area contributed by atoms with Crippen molar-refractivity contribution < 1.29 is 8.42 Å². The summed E-state index contributed by atoms with van der Waals surface area (Å²) < 4.78 is 24.8. The van der Waals surface area contributed by atoms with E-state index in [0.29, 0.717) is 22.1 Å². The zero-order chi connectivity index (χ0) is 18.4. The van der Waals surface area contributed by atoms with Gasteiger partial charge >= 0.3 is 0 Å². The average Bonchev–Trinajstić information content (AvgIpc) is 2.67. The van der Waals surface area contributed by atoms with E-state index in [9.17, 15) is 8.42 Å². The number of rotatable bonds is 5. The highest BCUT2D eigenvalue weighted by molar-refractivity contribution is 7.89. The molecule has 0 bridgehead atoms. The Balaban J connectivity index is 1.89. The van der Waals surface area contributed by atoms with E-state index in [1.807, 2.05) is 30.3 Å². The maximum Gasteiger partial charge on any atom is 0.257 e. The van der Waals surface area contributed by atoms with Crippen molar-refractivity contribution in [3.05, 3.63) is 95.5 Å². The van der Waals surface area contributed by atoms with Crippen LogP contribution in [0.3, 0.4) is 0 Å². The molecule has 132 valence electrons. The summed E-state index contributed by atoms with van der Waals surface area (Å²) in [5.41, 5.74) is 4.08. The lowest BCUT2D eigenvalue weighted by atomic mass is 10.2. The highest BCUT2D eigenvalue weighted by Gasteiger charge is 2.14. The van der Waals surface area contributed by atoms with Gasteiger partial charge in [-0.05, 0) is 48.5 Å². The summed E-state index contributed by atoms with van der Waals surface area (Å²) in [6.07, 6.45) is 0. The lowest BCUT2D eigenvalue weighted by Gasteiger charge is -2.12. The van der Waals surface area contributed by atoms with Gasteiger partial charge in [0.1, 0.15) is 5.84 Å². The second-order valence-corrected chi connectivity index (χ2v) is 7.47. The van der Waals surface area contributed by atoms with Gasteiger partial charge in [0.2, 0.25) is 0 Å². The molecule has 0 amide bonds. The minimum absolute atomic E-state index is 0.155. The Labute approximate surface area is 157 Å². The number of benzene rings is 3. The van der Waals surface area contributed by atoms with Crippen LogP contribution in [0.2, 0.25) is 5.02 Å². The van der Waals surface area contributed by atoms with Gasteiger partial charge in [0, 0.05) is 10.6 Å². The van der Waals surface area contributed by atoms with Gasteiger partial charge in [-0.15, -0.1) is 4.83 Å².